The van der Waals surface area contributed by atoms with Crippen molar-refractivity contribution in [2.24, 2.45) is 5.92 Å². The number of aromatic carboxylic acids is 1. The molecule has 0 spiro atoms. The van der Waals surface area contributed by atoms with Crippen LogP contribution in [0.1, 0.15) is 48.8 Å². The molecule has 3 heterocycles. The van der Waals surface area contributed by atoms with E-state index in [1.165, 1.54) is 12.1 Å². The number of carbonyl (C=O) groups is 1. The van der Waals surface area contributed by atoms with Gasteiger partial charge in [-0.1, -0.05) is 13.8 Å². The van der Waals surface area contributed by atoms with Crippen molar-refractivity contribution in [3.8, 4) is 5.69 Å². The minimum Gasteiger partial charge on any atom is -0.477 e. The molecule has 7 nitrogen and oxygen atoms in total. The first-order valence-electron chi connectivity index (χ1n) is 10.2. The molecule has 1 aromatic carbocycles. The smallest absolute Gasteiger partial charge is 0.354 e. The van der Waals surface area contributed by atoms with Crippen molar-refractivity contribution in [3.05, 3.63) is 47.5 Å². The molecule has 3 aromatic rings. The van der Waals surface area contributed by atoms with Crippen molar-refractivity contribution >= 4 is 22.7 Å². The second-order valence-electron chi connectivity index (χ2n) is 8.07. The Morgan fingerprint density at radius 3 is 2.47 bits per heavy atom. The molecule has 158 valence electrons. The van der Waals surface area contributed by atoms with Gasteiger partial charge in [-0.2, -0.15) is 5.10 Å². The average Bonchev–Trinajstić information content (AvgIpc) is 3.13. The van der Waals surface area contributed by atoms with Crippen LogP contribution in [0.25, 0.3) is 16.7 Å². The number of hydrogen-bond donors (Lipinski definition) is 2. The molecule has 0 saturated carbocycles. The molecule has 8 heteroatoms. The molecule has 1 aliphatic heterocycles. The Hall–Kier alpha value is -3.00. The molecular formula is C22H25FN4O3. The number of pyridine rings is 1. The fourth-order valence-corrected chi connectivity index (χ4v) is 4.00. The normalized spacial score (nSPS) is 15.3. The van der Waals surface area contributed by atoms with E-state index in [4.69, 9.17) is 5.10 Å². The number of fused-ring (bicyclic) bond motifs is 1. The molecule has 30 heavy (non-hydrogen) atoms. The van der Waals surface area contributed by atoms with Crippen LogP contribution in [0.5, 0.6) is 0 Å². The van der Waals surface area contributed by atoms with Gasteiger partial charge in [-0.05, 0) is 55.0 Å². The van der Waals surface area contributed by atoms with Gasteiger partial charge < -0.3 is 15.1 Å². The van der Waals surface area contributed by atoms with E-state index in [0.717, 1.165) is 42.7 Å². The zero-order chi connectivity index (χ0) is 21.4. The van der Waals surface area contributed by atoms with Crippen molar-refractivity contribution in [2.75, 3.05) is 24.6 Å². The first-order chi connectivity index (χ1) is 14.4. The molecule has 4 rings (SSSR count). The Morgan fingerprint density at radius 1 is 1.23 bits per heavy atom. The van der Waals surface area contributed by atoms with E-state index < -0.39 is 5.97 Å². The van der Waals surface area contributed by atoms with Crippen LogP contribution in [-0.2, 0) is 0 Å². The number of hydrogen-bond acceptors (Lipinski definition) is 5. The summed E-state index contributed by atoms with van der Waals surface area (Å²) in [6.07, 6.45) is 1.68. The van der Waals surface area contributed by atoms with Gasteiger partial charge in [0, 0.05) is 19.7 Å². The van der Waals surface area contributed by atoms with Crippen LogP contribution in [-0.4, -0.2) is 50.6 Å². The fourth-order valence-electron chi connectivity index (χ4n) is 4.00. The van der Waals surface area contributed by atoms with Gasteiger partial charge in [0.25, 0.3) is 0 Å². The van der Waals surface area contributed by atoms with E-state index in [1.54, 1.807) is 22.9 Å². The van der Waals surface area contributed by atoms with Crippen LogP contribution in [0.15, 0.2) is 30.3 Å². The van der Waals surface area contributed by atoms with E-state index in [1.807, 2.05) is 13.8 Å². The van der Waals surface area contributed by atoms with E-state index >= 15 is 0 Å². The summed E-state index contributed by atoms with van der Waals surface area (Å²) in [5, 5.41) is 24.7. The maximum atomic E-state index is 13.4. The van der Waals surface area contributed by atoms with Crippen LogP contribution < -0.4 is 4.90 Å². The minimum atomic E-state index is -1.11. The Labute approximate surface area is 173 Å². The van der Waals surface area contributed by atoms with Crippen molar-refractivity contribution in [1.82, 2.24) is 14.8 Å². The highest BCUT2D eigenvalue weighted by Crippen LogP contribution is 2.36. The molecule has 1 fully saturated rings. The number of anilines is 1. The molecule has 0 bridgehead atoms. The predicted molar refractivity (Wildman–Crippen MR) is 112 cm³/mol. The van der Waals surface area contributed by atoms with E-state index in [2.05, 4.69) is 9.88 Å². The lowest BCUT2D eigenvalue weighted by atomic mass is 9.96. The monoisotopic (exact) mass is 412 g/mol. The lowest BCUT2D eigenvalue weighted by Crippen LogP contribution is -2.35. The van der Waals surface area contributed by atoms with Crippen LogP contribution >= 0.6 is 0 Å². The van der Waals surface area contributed by atoms with Gasteiger partial charge in [-0.3, -0.25) is 0 Å². The zero-order valence-corrected chi connectivity index (χ0v) is 17.0. The predicted octanol–water partition coefficient (Wildman–Crippen LogP) is 3.59. The summed E-state index contributed by atoms with van der Waals surface area (Å²) in [6.45, 7) is 5.68. The van der Waals surface area contributed by atoms with Crippen molar-refractivity contribution in [3.63, 3.8) is 0 Å². The molecule has 0 unspecified atom stereocenters. The number of rotatable bonds is 5. The molecule has 0 aliphatic carbocycles. The SMILES string of the molecule is CC(C)c1nn(-c2ccc(F)cc2)c2nc(C(=O)O)cc(N3CCC(CO)CC3)c12. The summed E-state index contributed by atoms with van der Waals surface area (Å²) in [5.41, 5.74) is 2.63. The van der Waals surface area contributed by atoms with Crippen LogP contribution in [0, 0.1) is 11.7 Å². The molecule has 1 aliphatic rings. The standard InChI is InChI=1S/C22H25FN4O3/c1-13(2)20-19-18(26-9-7-14(12-28)8-10-26)11-17(22(29)30)24-21(19)27(25-20)16-5-3-15(23)4-6-16/h3-6,11,13-14,28H,7-10,12H2,1-2H3,(H,29,30). The number of aromatic nitrogens is 3. The van der Waals surface area contributed by atoms with Crippen molar-refractivity contribution in [1.29, 1.82) is 0 Å². The maximum absolute atomic E-state index is 13.4. The van der Waals surface area contributed by atoms with Crippen LogP contribution in [0.3, 0.4) is 0 Å². The summed E-state index contributed by atoms with van der Waals surface area (Å²) in [6, 6.07) is 7.52. The number of carboxylic acids is 1. The number of aliphatic hydroxyl groups excluding tert-OH is 1. The van der Waals surface area contributed by atoms with Gasteiger partial charge in [0.2, 0.25) is 0 Å². The number of halogens is 1. The summed E-state index contributed by atoms with van der Waals surface area (Å²) in [5.74, 6) is -1.11. The number of piperidine rings is 1. The Morgan fingerprint density at radius 2 is 1.90 bits per heavy atom. The zero-order valence-electron chi connectivity index (χ0n) is 17.0. The second kappa shape index (κ2) is 8.02. The first kappa shape index (κ1) is 20.3. The number of carboxylic acid groups (broad SMARTS) is 1. The van der Waals surface area contributed by atoms with Crippen LogP contribution in [0.4, 0.5) is 10.1 Å². The van der Waals surface area contributed by atoms with Gasteiger partial charge in [0.1, 0.15) is 5.82 Å². The number of benzene rings is 1. The Balaban J connectivity index is 1.94. The fraction of sp³-hybridized carbons (Fsp3) is 0.409. The number of nitrogens with zero attached hydrogens (tertiary/aromatic N) is 4. The molecule has 0 atom stereocenters. The highest BCUT2D eigenvalue weighted by Gasteiger charge is 2.27. The van der Waals surface area contributed by atoms with Crippen molar-refractivity contribution in [2.45, 2.75) is 32.6 Å². The van der Waals surface area contributed by atoms with Gasteiger partial charge in [-0.15, -0.1) is 0 Å². The summed E-state index contributed by atoms with van der Waals surface area (Å²) in [7, 11) is 0. The third kappa shape index (κ3) is 3.63. The van der Waals surface area contributed by atoms with Crippen molar-refractivity contribution < 1.29 is 19.4 Å². The molecule has 2 aromatic heterocycles. The molecule has 1 saturated heterocycles. The minimum absolute atomic E-state index is 0.0552. The van der Waals surface area contributed by atoms with Gasteiger partial charge in [0.15, 0.2) is 11.3 Å². The first-order valence-corrected chi connectivity index (χ1v) is 10.2. The maximum Gasteiger partial charge on any atom is 0.354 e. The van der Waals surface area contributed by atoms with Gasteiger partial charge >= 0.3 is 5.97 Å². The highest BCUT2D eigenvalue weighted by atomic mass is 19.1. The topological polar surface area (TPSA) is 91.5 Å². The molecule has 2 N–H and O–H groups in total. The quantitative estimate of drug-likeness (QED) is 0.666. The highest BCUT2D eigenvalue weighted by molar-refractivity contribution is 5.98. The largest absolute Gasteiger partial charge is 0.477 e. The lowest BCUT2D eigenvalue weighted by molar-refractivity contribution is 0.0691. The van der Waals surface area contributed by atoms with Gasteiger partial charge in [-0.25, -0.2) is 18.9 Å². The number of aliphatic hydroxyl groups is 1. The second-order valence-corrected chi connectivity index (χ2v) is 8.07. The summed E-state index contributed by atoms with van der Waals surface area (Å²) < 4.78 is 15.0. The Kier molecular flexibility index (Phi) is 5.42. The van der Waals surface area contributed by atoms with Crippen LogP contribution in [0.2, 0.25) is 0 Å². The Bertz CT molecular complexity index is 1070. The van der Waals surface area contributed by atoms with E-state index in [-0.39, 0.29) is 30.0 Å². The molecular weight excluding hydrogens is 387 g/mol. The third-order valence-electron chi connectivity index (χ3n) is 5.69. The molecule has 0 amide bonds. The molecule has 0 radical (unpaired) electrons. The summed E-state index contributed by atoms with van der Waals surface area (Å²) in [4.78, 5) is 18.4. The summed E-state index contributed by atoms with van der Waals surface area (Å²) >= 11 is 0. The van der Waals surface area contributed by atoms with E-state index in [9.17, 15) is 19.4 Å². The average molecular weight is 412 g/mol. The third-order valence-corrected chi connectivity index (χ3v) is 5.69. The van der Waals surface area contributed by atoms with E-state index in [0.29, 0.717) is 11.3 Å². The van der Waals surface area contributed by atoms with Gasteiger partial charge in [0.05, 0.1) is 22.5 Å². The lowest BCUT2D eigenvalue weighted by Gasteiger charge is -2.33.